The first-order valence-corrected chi connectivity index (χ1v) is 0.866. The van der Waals surface area contributed by atoms with Gasteiger partial charge in [-0.05, 0) is 0 Å². The molecule has 0 radical (unpaired) electrons. The Hall–Kier alpha value is 1.57. The Morgan fingerprint density at radius 2 is 1.50 bits per heavy atom. The van der Waals surface area contributed by atoms with Crippen molar-refractivity contribution < 1.29 is 24.1 Å². The monoisotopic (exact) mass is 124 g/mol. The molecular weight excluding hydrogens is 120 g/mol. The average Bonchev–Trinajstić information content (AvgIpc) is 1.00. The van der Waals surface area contributed by atoms with Crippen LogP contribution in [0.2, 0.25) is 0 Å². The molecule has 0 saturated heterocycles. The van der Waals surface area contributed by atoms with Crippen LogP contribution in [0.3, 0.4) is 0 Å². The molecule has 18 valence electrons. The van der Waals surface area contributed by atoms with Crippen molar-refractivity contribution in [2.24, 2.45) is 0 Å². The van der Waals surface area contributed by atoms with Gasteiger partial charge >= 0.3 is 58.7 Å². The van der Waals surface area contributed by atoms with E-state index >= 15 is 0 Å². The molecule has 0 bridgehead atoms. The minimum absolute atomic E-state index is 0. The molecule has 4 heavy (non-hydrogen) atoms. The summed E-state index contributed by atoms with van der Waals surface area (Å²) in [6, 6.07) is 0. The van der Waals surface area contributed by atoms with Gasteiger partial charge in [0, 0.05) is 0 Å². The van der Waals surface area contributed by atoms with E-state index in [-0.39, 0.29) is 40.1 Å². The van der Waals surface area contributed by atoms with Gasteiger partial charge < -0.3 is 1.43 Å². The third-order valence-corrected chi connectivity index (χ3v) is 0. The summed E-state index contributed by atoms with van der Waals surface area (Å²) in [5, 5.41) is 0. The van der Waals surface area contributed by atoms with Crippen LogP contribution < -0.4 is 18.9 Å². The number of hydrogen-bond acceptors (Lipinski definition) is 1. The van der Waals surface area contributed by atoms with Crippen LogP contribution in [0.4, 0.5) is 0 Å². The SMILES string of the molecule is [GaH3].[H-].[Li+].[O]=[AlH]. The van der Waals surface area contributed by atoms with Crippen LogP contribution in [0.25, 0.3) is 0 Å². The van der Waals surface area contributed by atoms with Gasteiger partial charge in [0.15, 0.2) is 0 Å². The molecule has 0 atom stereocenters. The molecule has 0 aliphatic rings. The number of hydrogen-bond donors (Lipinski definition) is 0. The minimum atomic E-state index is 0. The second-order valence-corrected chi connectivity index (χ2v) is 0. The third kappa shape index (κ3) is 9.57. The van der Waals surface area contributed by atoms with E-state index < -0.39 is 0 Å². The van der Waals surface area contributed by atoms with E-state index in [9.17, 15) is 0 Å². The molecule has 1 nitrogen and oxygen atoms in total. The second kappa shape index (κ2) is 23.7. The Kier molecular flexibility index (Phi) is 104. The molecular formula is H5AlGaLiO. The van der Waals surface area contributed by atoms with Crippen LogP contribution in [0.5, 0.6) is 0 Å². The van der Waals surface area contributed by atoms with Crippen molar-refractivity contribution in [1.29, 1.82) is 0 Å². The molecule has 0 saturated carbocycles. The first kappa shape index (κ1) is 17.6. The molecule has 0 aromatic rings. The molecule has 4 heteroatoms. The summed E-state index contributed by atoms with van der Waals surface area (Å²) in [5.74, 6) is 0. The molecule has 0 N–H and O–H groups in total. The third-order valence-electron chi connectivity index (χ3n) is 0. The van der Waals surface area contributed by atoms with Crippen molar-refractivity contribution >= 4 is 36.0 Å². The molecule has 0 unspecified atom stereocenters. The fourth-order valence-electron chi connectivity index (χ4n) is 0. The molecule has 0 heterocycles. The van der Waals surface area contributed by atoms with E-state index in [0.717, 1.165) is 0 Å². The van der Waals surface area contributed by atoms with Gasteiger partial charge in [-0.15, -0.1) is 0 Å². The summed E-state index contributed by atoms with van der Waals surface area (Å²) in [6.07, 6.45) is 0. The standard InChI is InChI=1S/Al.Ga.Li.O.5H/q;;+1;;;;;;-1. The Balaban J connectivity index is -0.00000000167. The fourth-order valence-corrected chi connectivity index (χ4v) is 0. The molecule has 0 aromatic heterocycles. The van der Waals surface area contributed by atoms with Crippen LogP contribution in [-0.4, -0.2) is 36.0 Å². The van der Waals surface area contributed by atoms with Crippen molar-refractivity contribution in [3.63, 3.8) is 0 Å². The molecule has 0 aromatic carbocycles. The van der Waals surface area contributed by atoms with Gasteiger partial charge in [-0.1, -0.05) is 0 Å². The van der Waals surface area contributed by atoms with Crippen LogP contribution >= 0.6 is 0 Å². The van der Waals surface area contributed by atoms with Gasteiger partial charge in [-0.3, -0.25) is 0 Å². The second-order valence-electron chi connectivity index (χ2n) is 0. The van der Waals surface area contributed by atoms with E-state index in [4.69, 9.17) is 3.80 Å². The van der Waals surface area contributed by atoms with Gasteiger partial charge in [-0.25, -0.2) is 0 Å². The predicted molar refractivity (Wildman–Crippen MR) is 18.9 cm³/mol. The van der Waals surface area contributed by atoms with Crippen molar-refractivity contribution in [3.05, 3.63) is 0 Å². The summed E-state index contributed by atoms with van der Waals surface area (Å²) < 4.78 is 8.28. The van der Waals surface area contributed by atoms with E-state index in [0.29, 0.717) is 16.2 Å². The first-order chi connectivity index (χ1) is 1.00. The van der Waals surface area contributed by atoms with Crippen LogP contribution in [0.1, 0.15) is 1.43 Å². The van der Waals surface area contributed by atoms with Gasteiger partial charge in [0.1, 0.15) is 0 Å². The predicted octanol–water partition coefficient (Wildman–Crippen LogP) is -4.83. The molecule has 0 aliphatic carbocycles. The average molecular weight is 125 g/mol. The zero-order chi connectivity index (χ0) is 2.00. The summed E-state index contributed by atoms with van der Waals surface area (Å²) >= 11 is 0.611. The maximum atomic E-state index is 8.28. The maximum absolute atomic E-state index is 8.28. The normalized spacial score (nSPS) is 0.750. The first-order valence-electron chi connectivity index (χ1n) is 0.289. The molecule has 0 fully saturated rings. The Morgan fingerprint density at radius 3 is 1.50 bits per heavy atom. The van der Waals surface area contributed by atoms with Crippen molar-refractivity contribution in [2.75, 3.05) is 0 Å². The van der Waals surface area contributed by atoms with Gasteiger partial charge in [-0.2, -0.15) is 0 Å². The van der Waals surface area contributed by atoms with E-state index in [1.54, 1.807) is 0 Å². The van der Waals surface area contributed by atoms with Crippen LogP contribution in [-0.2, 0) is 3.80 Å². The van der Waals surface area contributed by atoms with E-state index in [1.807, 2.05) is 0 Å². The zero-order valence-corrected chi connectivity index (χ0v) is 3.53. The summed E-state index contributed by atoms with van der Waals surface area (Å²) in [4.78, 5) is 0. The Labute approximate surface area is 59.9 Å². The molecule has 0 rings (SSSR count). The van der Waals surface area contributed by atoms with Crippen LogP contribution in [0, 0.1) is 0 Å². The topological polar surface area (TPSA) is 17.1 Å². The zero-order valence-electron chi connectivity index (χ0n) is 3.12. The van der Waals surface area contributed by atoms with Crippen molar-refractivity contribution in [2.45, 2.75) is 0 Å². The van der Waals surface area contributed by atoms with Gasteiger partial charge in [0.05, 0.1) is 0 Å². The molecule has 0 aliphatic heterocycles. The molecule has 0 amide bonds. The summed E-state index contributed by atoms with van der Waals surface area (Å²) in [5.41, 5.74) is 0. The van der Waals surface area contributed by atoms with Crippen molar-refractivity contribution in [3.8, 4) is 0 Å². The van der Waals surface area contributed by atoms with Gasteiger partial charge in [0.2, 0.25) is 0 Å². The molecule has 0 spiro atoms. The quantitative estimate of drug-likeness (QED) is 0.296. The Morgan fingerprint density at radius 1 is 1.50 bits per heavy atom. The summed E-state index contributed by atoms with van der Waals surface area (Å²) in [7, 11) is 0. The van der Waals surface area contributed by atoms with E-state index in [1.165, 1.54) is 0 Å². The van der Waals surface area contributed by atoms with Crippen LogP contribution in [0.15, 0.2) is 0 Å². The van der Waals surface area contributed by atoms with E-state index in [2.05, 4.69) is 0 Å². The van der Waals surface area contributed by atoms with Crippen molar-refractivity contribution in [1.82, 2.24) is 0 Å². The fraction of sp³-hybridized carbons (Fsp3) is 0. The van der Waals surface area contributed by atoms with Gasteiger partial charge in [0.25, 0.3) is 0 Å². The number of rotatable bonds is 0. The summed E-state index contributed by atoms with van der Waals surface area (Å²) in [6.45, 7) is 0. The Bertz CT molecular complexity index is 11.6.